The summed E-state index contributed by atoms with van der Waals surface area (Å²) in [6.07, 6.45) is 0.813. The first-order valence-electron chi connectivity index (χ1n) is 4.54. The summed E-state index contributed by atoms with van der Waals surface area (Å²) in [7, 11) is 0. The van der Waals surface area contributed by atoms with E-state index >= 15 is 0 Å². The Kier molecular flexibility index (Phi) is 2.91. The van der Waals surface area contributed by atoms with Crippen molar-refractivity contribution in [2.75, 3.05) is 0 Å². The van der Waals surface area contributed by atoms with Gasteiger partial charge in [0.1, 0.15) is 0 Å². The molecule has 2 nitrogen and oxygen atoms in total. The number of aromatic nitrogens is 1. The van der Waals surface area contributed by atoms with Gasteiger partial charge < -0.3 is 5.73 Å². The van der Waals surface area contributed by atoms with Gasteiger partial charge in [0.05, 0.1) is 11.2 Å². The maximum absolute atomic E-state index is 6.05. The fraction of sp³-hybridized carbons (Fsp3) is 0.182. The molecule has 0 aliphatic heterocycles. The lowest BCUT2D eigenvalue weighted by molar-refractivity contribution is 0.710. The summed E-state index contributed by atoms with van der Waals surface area (Å²) < 4.78 is 0. The molecule has 1 heterocycles. The number of nitrogens with two attached hydrogens (primary N) is 1. The van der Waals surface area contributed by atoms with Gasteiger partial charge >= 0.3 is 0 Å². The lowest BCUT2D eigenvalue weighted by Gasteiger charge is -2.09. The predicted molar refractivity (Wildman–Crippen MR) is 59.2 cm³/mol. The van der Waals surface area contributed by atoms with Gasteiger partial charge in [0.25, 0.3) is 0 Å². The van der Waals surface area contributed by atoms with E-state index in [4.69, 9.17) is 5.73 Å². The fourth-order valence-corrected chi connectivity index (χ4v) is 1.95. The first kappa shape index (κ1) is 9.37. The van der Waals surface area contributed by atoms with Gasteiger partial charge in [-0.3, -0.25) is 0 Å². The summed E-state index contributed by atoms with van der Waals surface area (Å²) in [4.78, 5) is 4.22. The van der Waals surface area contributed by atoms with Gasteiger partial charge in [-0.05, 0) is 5.56 Å². The minimum Gasteiger partial charge on any atom is -0.324 e. The standard InChI is InChI=1S/C11H12N2S/c12-11(6-10-7-14-8-13-10)9-4-2-1-3-5-9/h1-5,7-8,11H,6,12H2. The van der Waals surface area contributed by atoms with Gasteiger partial charge in [-0.2, -0.15) is 0 Å². The van der Waals surface area contributed by atoms with Gasteiger partial charge in [0.2, 0.25) is 0 Å². The molecule has 0 spiro atoms. The van der Waals surface area contributed by atoms with Gasteiger partial charge in [0.15, 0.2) is 0 Å². The largest absolute Gasteiger partial charge is 0.324 e. The molecule has 1 aromatic heterocycles. The lowest BCUT2D eigenvalue weighted by atomic mass is 10.0. The van der Waals surface area contributed by atoms with E-state index in [1.54, 1.807) is 11.3 Å². The highest BCUT2D eigenvalue weighted by atomic mass is 32.1. The SMILES string of the molecule is NC(Cc1cscn1)c1ccccc1. The molecule has 0 radical (unpaired) electrons. The molecule has 0 amide bonds. The van der Waals surface area contributed by atoms with E-state index in [0.29, 0.717) is 0 Å². The van der Waals surface area contributed by atoms with Crippen LogP contribution >= 0.6 is 11.3 Å². The molecule has 0 saturated carbocycles. The molecular formula is C11H12N2S. The van der Waals surface area contributed by atoms with E-state index in [2.05, 4.69) is 17.1 Å². The van der Waals surface area contributed by atoms with Crippen molar-refractivity contribution < 1.29 is 0 Å². The van der Waals surface area contributed by atoms with Crippen LogP contribution in [0.4, 0.5) is 0 Å². The highest BCUT2D eigenvalue weighted by Crippen LogP contribution is 2.15. The molecule has 2 N–H and O–H groups in total. The highest BCUT2D eigenvalue weighted by Gasteiger charge is 2.06. The topological polar surface area (TPSA) is 38.9 Å². The van der Waals surface area contributed by atoms with Crippen LogP contribution in [0.3, 0.4) is 0 Å². The monoisotopic (exact) mass is 204 g/mol. The molecular weight excluding hydrogens is 192 g/mol. The number of rotatable bonds is 3. The number of hydrogen-bond donors (Lipinski definition) is 1. The van der Waals surface area contributed by atoms with Crippen LogP contribution in [0.5, 0.6) is 0 Å². The van der Waals surface area contributed by atoms with Crippen LogP contribution in [-0.2, 0) is 6.42 Å². The Morgan fingerprint density at radius 2 is 2.07 bits per heavy atom. The Balaban J connectivity index is 2.07. The second-order valence-electron chi connectivity index (χ2n) is 3.20. The summed E-state index contributed by atoms with van der Waals surface area (Å²) in [6, 6.07) is 10.2. The molecule has 1 aromatic carbocycles. The number of thiazole rings is 1. The minimum absolute atomic E-state index is 0.0540. The Morgan fingerprint density at radius 1 is 1.29 bits per heavy atom. The van der Waals surface area contributed by atoms with Crippen LogP contribution in [-0.4, -0.2) is 4.98 Å². The third-order valence-corrected chi connectivity index (χ3v) is 2.78. The van der Waals surface area contributed by atoms with E-state index in [9.17, 15) is 0 Å². The van der Waals surface area contributed by atoms with E-state index in [0.717, 1.165) is 12.1 Å². The van der Waals surface area contributed by atoms with Crippen molar-refractivity contribution in [2.24, 2.45) is 5.73 Å². The van der Waals surface area contributed by atoms with Crippen molar-refractivity contribution in [1.82, 2.24) is 4.98 Å². The van der Waals surface area contributed by atoms with Gasteiger partial charge in [-0.1, -0.05) is 30.3 Å². The van der Waals surface area contributed by atoms with Crippen LogP contribution < -0.4 is 5.73 Å². The maximum atomic E-state index is 6.05. The van der Waals surface area contributed by atoms with Crippen LogP contribution in [0.25, 0.3) is 0 Å². The summed E-state index contributed by atoms with van der Waals surface area (Å²) in [6.45, 7) is 0. The van der Waals surface area contributed by atoms with Crippen molar-refractivity contribution in [2.45, 2.75) is 12.5 Å². The third kappa shape index (κ3) is 2.19. The number of hydrogen-bond acceptors (Lipinski definition) is 3. The molecule has 2 aromatic rings. The zero-order chi connectivity index (χ0) is 9.80. The Morgan fingerprint density at radius 3 is 2.71 bits per heavy atom. The molecule has 0 saturated heterocycles. The second kappa shape index (κ2) is 4.35. The minimum atomic E-state index is 0.0540. The van der Waals surface area contributed by atoms with Crippen molar-refractivity contribution in [3.05, 3.63) is 52.5 Å². The second-order valence-corrected chi connectivity index (χ2v) is 3.92. The van der Waals surface area contributed by atoms with E-state index < -0.39 is 0 Å². The van der Waals surface area contributed by atoms with Crippen LogP contribution in [0.1, 0.15) is 17.3 Å². The first-order valence-corrected chi connectivity index (χ1v) is 5.48. The number of nitrogens with zero attached hydrogens (tertiary/aromatic N) is 1. The first-order chi connectivity index (χ1) is 6.86. The van der Waals surface area contributed by atoms with Crippen LogP contribution in [0, 0.1) is 0 Å². The smallest absolute Gasteiger partial charge is 0.0794 e. The Bertz CT molecular complexity index is 369. The van der Waals surface area contributed by atoms with Crippen LogP contribution in [0.15, 0.2) is 41.2 Å². The van der Waals surface area contributed by atoms with Crippen molar-refractivity contribution in [3.8, 4) is 0 Å². The summed E-state index contributed by atoms with van der Waals surface area (Å²) in [5.74, 6) is 0. The average Bonchev–Trinajstić information content (AvgIpc) is 2.72. The third-order valence-electron chi connectivity index (χ3n) is 2.14. The normalized spacial score (nSPS) is 12.6. The predicted octanol–water partition coefficient (Wildman–Crippen LogP) is 2.39. The quantitative estimate of drug-likeness (QED) is 0.833. The van der Waals surface area contributed by atoms with E-state index in [1.807, 2.05) is 29.1 Å². The number of benzene rings is 1. The molecule has 2 rings (SSSR count). The maximum Gasteiger partial charge on any atom is 0.0794 e. The Hall–Kier alpha value is -1.19. The molecule has 72 valence electrons. The fourth-order valence-electron chi connectivity index (χ4n) is 1.38. The van der Waals surface area contributed by atoms with Crippen molar-refractivity contribution in [1.29, 1.82) is 0 Å². The van der Waals surface area contributed by atoms with Crippen LogP contribution in [0.2, 0.25) is 0 Å². The molecule has 1 atom stereocenters. The lowest BCUT2D eigenvalue weighted by Crippen LogP contribution is -2.13. The van der Waals surface area contributed by atoms with E-state index in [-0.39, 0.29) is 6.04 Å². The van der Waals surface area contributed by atoms with Crippen molar-refractivity contribution in [3.63, 3.8) is 0 Å². The average molecular weight is 204 g/mol. The van der Waals surface area contributed by atoms with Gasteiger partial charge in [-0.25, -0.2) is 4.98 Å². The van der Waals surface area contributed by atoms with Gasteiger partial charge in [-0.15, -0.1) is 11.3 Å². The Labute approximate surface area is 87.4 Å². The summed E-state index contributed by atoms with van der Waals surface area (Å²) >= 11 is 1.61. The molecule has 0 aliphatic carbocycles. The summed E-state index contributed by atoms with van der Waals surface area (Å²) in [5.41, 5.74) is 10.1. The molecule has 0 bridgehead atoms. The molecule has 14 heavy (non-hydrogen) atoms. The molecule has 0 fully saturated rings. The van der Waals surface area contributed by atoms with Crippen molar-refractivity contribution >= 4 is 11.3 Å². The van der Waals surface area contributed by atoms with Gasteiger partial charge in [0, 0.05) is 17.8 Å². The molecule has 0 aliphatic rings. The zero-order valence-electron chi connectivity index (χ0n) is 7.76. The zero-order valence-corrected chi connectivity index (χ0v) is 8.58. The van der Waals surface area contributed by atoms with E-state index in [1.165, 1.54) is 5.56 Å². The summed E-state index contributed by atoms with van der Waals surface area (Å²) in [5, 5.41) is 2.04. The molecule has 1 unspecified atom stereocenters. The molecule has 3 heteroatoms. The highest BCUT2D eigenvalue weighted by molar-refractivity contribution is 7.07.